The van der Waals surface area contributed by atoms with Crippen molar-refractivity contribution >= 4 is 17.7 Å². The van der Waals surface area contributed by atoms with Gasteiger partial charge in [-0.25, -0.2) is 9.59 Å². The van der Waals surface area contributed by atoms with Gasteiger partial charge in [0.25, 0.3) is 5.69 Å². The fourth-order valence-electron chi connectivity index (χ4n) is 4.73. The Hall–Kier alpha value is -4.20. The molecular formula is C26H22N2O6. The summed E-state index contributed by atoms with van der Waals surface area (Å²) < 4.78 is 11.1. The summed E-state index contributed by atoms with van der Waals surface area (Å²) in [5, 5.41) is 10.8. The molecule has 0 aromatic heterocycles. The summed E-state index contributed by atoms with van der Waals surface area (Å²) >= 11 is 0. The predicted octanol–water partition coefficient (Wildman–Crippen LogP) is 4.91. The minimum absolute atomic E-state index is 0.0653. The average Bonchev–Trinajstić information content (AvgIpc) is 3.47. The number of esters is 1. The summed E-state index contributed by atoms with van der Waals surface area (Å²) in [5.74, 6) is -0.459. The van der Waals surface area contributed by atoms with E-state index in [1.54, 1.807) is 0 Å². The number of nitro benzene ring substituents is 1. The standard InChI is InChI=1S/C26H22N2O6/c29-25(34-18-13-11-17(12-14-18)28(31)32)24-10-5-15-27(24)26(30)33-16-23-21-8-3-1-6-19(21)20-7-2-4-9-22(20)23/h1-4,6-9,11-14,23-24H,5,10,15-16H2/t24-/m1/s1. The van der Waals surface area contributed by atoms with Crippen LogP contribution in [-0.2, 0) is 9.53 Å². The normalized spacial score (nSPS) is 16.6. The highest BCUT2D eigenvalue weighted by Gasteiger charge is 2.37. The molecule has 1 heterocycles. The minimum Gasteiger partial charge on any atom is -0.448 e. The van der Waals surface area contributed by atoms with Crippen molar-refractivity contribution in [3.63, 3.8) is 0 Å². The van der Waals surface area contributed by atoms with Gasteiger partial charge >= 0.3 is 12.1 Å². The molecule has 2 aliphatic rings. The van der Waals surface area contributed by atoms with Crippen molar-refractivity contribution in [2.45, 2.75) is 24.8 Å². The fraction of sp³-hybridized carbons (Fsp3) is 0.231. The van der Waals surface area contributed by atoms with E-state index in [1.165, 1.54) is 29.2 Å². The molecule has 1 aliphatic carbocycles. The number of hydrogen-bond donors (Lipinski definition) is 0. The lowest BCUT2D eigenvalue weighted by Crippen LogP contribution is -2.43. The Morgan fingerprint density at radius 3 is 2.18 bits per heavy atom. The van der Waals surface area contributed by atoms with Crippen molar-refractivity contribution in [3.8, 4) is 16.9 Å². The van der Waals surface area contributed by atoms with E-state index in [9.17, 15) is 19.7 Å². The second kappa shape index (κ2) is 8.97. The number of benzene rings is 3. The number of nitro groups is 1. The summed E-state index contributed by atoms with van der Waals surface area (Å²) in [5.41, 5.74) is 4.43. The van der Waals surface area contributed by atoms with E-state index in [1.807, 2.05) is 36.4 Å². The van der Waals surface area contributed by atoms with Crippen LogP contribution in [0, 0.1) is 10.1 Å². The maximum Gasteiger partial charge on any atom is 0.410 e. The van der Waals surface area contributed by atoms with Gasteiger partial charge in [0.1, 0.15) is 18.4 Å². The predicted molar refractivity (Wildman–Crippen MR) is 124 cm³/mol. The van der Waals surface area contributed by atoms with Crippen molar-refractivity contribution in [2.75, 3.05) is 13.2 Å². The van der Waals surface area contributed by atoms with Gasteiger partial charge in [-0.3, -0.25) is 15.0 Å². The lowest BCUT2D eigenvalue weighted by Gasteiger charge is -2.24. The Labute approximate surface area is 195 Å². The largest absolute Gasteiger partial charge is 0.448 e. The number of hydrogen-bond acceptors (Lipinski definition) is 6. The van der Waals surface area contributed by atoms with Crippen LogP contribution in [0.3, 0.4) is 0 Å². The molecule has 1 amide bonds. The van der Waals surface area contributed by atoms with Crippen LogP contribution in [0.25, 0.3) is 11.1 Å². The second-order valence-corrected chi connectivity index (χ2v) is 8.33. The zero-order valence-corrected chi connectivity index (χ0v) is 18.3. The lowest BCUT2D eigenvalue weighted by molar-refractivity contribution is -0.384. The molecule has 5 rings (SSSR count). The first kappa shape index (κ1) is 21.6. The summed E-state index contributed by atoms with van der Waals surface area (Å²) in [6.45, 7) is 0.574. The van der Waals surface area contributed by atoms with Crippen molar-refractivity contribution in [3.05, 3.63) is 94.0 Å². The van der Waals surface area contributed by atoms with Gasteiger partial charge in [0, 0.05) is 24.6 Å². The van der Waals surface area contributed by atoms with Crippen LogP contribution < -0.4 is 4.74 Å². The van der Waals surface area contributed by atoms with Gasteiger partial charge in [-0.15, -0.1) is 0 Å². The van der Waals surface area contributed by atoms with Gasteiger partial charge in [-0.2, -0.15) is 0 Å². The third-order valence-electron chi connectivity index (χ3n) is 6.36. The van der Waals surface area contributed by atoms with E-state index >= 15 is 0 Å². The summed E-state index contributed by atoms with van der Waals surface area (Å²) in [6, 6.07) is 20.7. The molecule has 0 radical (unpaired) electrons. The Morgan fingerprint density at radius 1 is 0.941 bits per heavy atom. The van der Waals surface area contributed by atoms with Crippen LogP contribution >= 0.6 is 0 Å². The molecule has 0 unspecified atom stereocenters. The molecule has 3 aromatic carbocycles. The molecule has 34 heavy (non-hydrogen) atoms. The maximum absolute atomic E-state index is 12.9. The lowest BCUT2D eigenvalue weighted by atomic mass is 9.98. The van der Waals surface area contributed by atoms with Gasteiger partial charge < -0.3 is 9.47 Å². The average molecular weight is 458 g/mol. The number of carbonyl (C=O) groups excluding carboxylic acids is 2. The van der Waals surface area contributed by atoms with Crippen LogP contribution in [0.2, 0.25) is 0 Å². The van der Waals surface area contributed by atoms with Crippen LogP contribution in [0.1, 0.15) is 29.9 Å². The third kappa shape index (κ3) is 3.98. The molecule has 0 N–H and O–H groups in total. The molecule has 8 heteroatoms. The summed E-state index contributed by atoms with van der Waals surface area (Å²) in [7, 11) is 0. The molecule has 1 fully saturated rings. The minimum atomic E-state index is -0.758. The van der Waals surface area contributed by atoms with Crippen molar-refractivity contribution in [1.29, 1.82) is 0 Å². The second-order valence-electron chi connectivity index (χ2n) is 8.33. The maximum atomic E-state index is 12.9. The quantitative estimate of drug-likeness (QED) is 0.233. The number of carbonyl (C=O) groups is 2. The molecule has 1 saturated heterocycles. The van der Waals surface area contributed by atoms with Gasteiger partial charge in [0.2, 0.25) is 0 Å². The molecule has 1 aliphatic heterocycles. The van der Waals surface area contributed by atoms with Crippen LogP contribution in [0.15, 0.2) is 72.8 Å². The Kier molecular flexibility index (Phi) is 5.71. The smallest absolute Gasteiger partial charge is 0.410 e. The number of amides is 1. The highest BCUT2D eigenvalue weighted by atomic mass is 16.6. The van der Waals surface area contributed by atoms with Crippen LogP contribution in [0.5, 0.6) is 5.75 Å². The topological polar surface area (TPSA) is 99.0 Å². The highest BCUT2D eigenvalue weighted by Crippen LogP contribution is 2.44. The molecule has 0 bridgehead atoms. The first-order chi connectivity index (χ1) is 16.5. The number of nitrogens with zero attached hydrogens (tertiary/aromatic N) is 2. The van der Waals surface area contributed by atoms with Crippen molar-refractivity contribution in [2.24, 2.45) is 0 Å². The van der Waals surface area contributed by atoms with Crippen molar-refractivity contribution < 1.29 is 24.0 Å². The van der Waals surface area contributed by atoms with Gasteiger partial charge in [-0.1, -0.05) is 48.5 Å². The molecule has 0 saturated carbocycles. The molecule has 3 aromatic rings. The number of likely N-dealkylation sites (tertiary alicyclic amines) is 1. The zero-order valence-electron chi connectivity index (χ0n) is 18.3. The Morgan fingerprint density at radius 2 is 1.56 bits per heavy atom. The molecule has 0 spiro atoms. The highest BCUT2D eigenvalue weighted by molar-refractivity contribution is 5.84. The van der Waals surface area contributed by atoms with Crippen molar-refractivity contribution in [1.82, 2.24) is 4.90 Å². The third-order valence-corrected chi connectivity index (χ3v) is 6.36. The molecule has 172 valence electrons. The number of non-ortho nitro benzene ring substituents is 1. The summed E-state index contributed by atoms with van der Waals surface area (Å²) in [6.07, 6.45) is 0.574. The first-order valence-electron chi connectivity index (χ1n) is 11.1. The van der Waals surface area contributed by atoms with Gasteiger partial charge in [-0.05, 0) is 47.2 Å². The molecular weight excluding hydrogens is 436 g/mol. The van der Waals surface area contributed by atoms with E-state index in [0.29, 0.717) is 19.4 Å². The van der Waals surface area contributed by atoms with Gasteiger partial charge in [0.05, 0.1) is 4.92 Å². The van der Waals surface area contributed by atoms with E-state index in [0.717, 1.165) is 22.3 Å². The van der Waals surface area contributed by atoms with E-state index < -0.39 is 23.0 Å². The summed E-state index contributed by atoms with van der Waals surface area (Å²) in [4.78, 5) is 37.3. The SMILES string of the molecule is O=C(Oc1ccc([N+](=O)[O-])cc1)[C@H]1CCCN1C(=O)OCC1c2ccccc2-c2ccccc21. The molecule has 8 nitrogen and oxygen atoms in total. The number of ether oxygens (including phenoxy) is 2. The molecule has 1 atom stereocenters. The van der Waals surface area contributed by atoms with E-state index in [2.05, 4.69) is 12.1 Å². The Bertz CT molecular complexity index is 1210. The number of rotatable bonds is 5. The van der Waals surface area contributed by atoms with E-state index in [4.69, 9.17) is 9.47 Å². The monoisotopic (exact) mass is 458 g/mol. The van der Waals surface area contributed by atoms with Crippen LogP contribution in [-0.4, -0.2) is 41.1 Å². The van der Waals surface area contributed by atoms with Crippen LogP contribution in [0.4, 0.5) is 10.5 Å². The zero-order chi connectivity index (χ0) is 23.7. The Balaban J connectivity index is 1.25. The van der Waals surface area contributed by atoms with Gasteiger partial charge in [0.15, 0.2) is 0 Å². The number of fused-ring (bicyclic) bond motifs is 3. The fourth-order valence-corrected chi connectivity index (χ4v) is 4.73. The van der Waals surface area contributed by atoms with E-state index in [-0.39, 0.29) is 24.0 Å². The first-order valence-corrected chi connectivity index (χ1v) is 11.1.